The molecular weight excluding hydrogens is 442 g/mol. The third-order valence-corrected chi connectivity index (χ3v) is 6.56. The van der Waals surface area contributed by atoms with Crippen LogP contribution in [0.1, 0.15) is 47.1 Å². The standard InChI is InChI=1S/C28H27N3O2S/c1-28(2,3)22-11-7-21(8-12-22)26(33)29-23-13-9-20(10-14-23)25-18-34-27(30-25)31(4)24-15-5-19(17-32)6-16-24/h5-18H,1-4H3,(H,29,33). The van der Waals surface area contributed by atoms with Crippen LogP contribution in [-0.2, 0) is 5.41 Å². The number of rotatable bonds is 6. The van der Waals surface area contributed by atoms with Crippen LogP contribution in [0.2, 0.25) is 0 Å². The number of carbonyl (C=O) groups is 2. The number of hydrogen-bond donors (Lipinski definition) is 1. The SMILES string of the molecule is CN(c1ccc(C=O)cc1)c1nc(-c2ccc(NC(=O)c3ccc(C(C)(C)C)cc3)cc2)cs1. The maximum atomic E-state index is 12.6. The van der Waals surface area contributed by atoms with Crippen LogP contribution in [0.4, 0.5) is 16.5 Å². The Morgan fingerprint density at radius 2 is 1.59 bits per heavy atom. The molecule has 0 radical (unpaired) electrons. The molecule has 0 spiro atoms. The predicted molar refractivity (Wildman–Crippen MR) is 141 cm³/mol. The highest BCUT2D eigenvalue weighted by Gasteiger charge is 2.15. The van der Waals surface area contributed by atoms with E-state index < -0.39 is 0 Å². The topological polar surface area (TPSA) is 62.3 Å². The average molecular weight is 470 g/mol. The zero-order chi connectivity index (χ0) is 24.3. The molecule has 0 aliphatic carbocycles. The Bertz CT molecular complexity index is 1290. The highest BCUT2D eigenvalue weighted by Crippen LogP contribution is 2.31. The molecule has 0 fully saturated rings. The van der Waals surface area contributed by atoms with Gasteiger partial charge < -0.3 is 10.2 Å². The summed E-state index contributed by atoms with van der Waals surface area (Å²) < 4.78 is 0. The van der Waals surface area contributed by atoms with Gasteiger partial charge in [0, 0.05) is 40.5 Å². The van der Waals surface area contributed by atoms with E-state index in [4.69, 9.17) is 4.98 Å². The molecule has 0 atom stereocenters. The molecule has 1 N–H and O–H groups in total. The van der Waals surface area contributed by atoms with Gasteiger partial charge in [-0.3, -0.25) is 9.59 Å². The summed E-state index contributed by atoms with van der Waals surface area (Å²) in [6.07, 6.45) is 0.833. The van der Waals surface area contributed by atoms with Gasteiger partial charge in [0.15, 0.2) is 5.13 Å². The van der Waals surface area contributed by atoms with E-state index in [1.165, 1.54) is 5.56 Å². The van der Waals surface area contributed by atoms with E-state index in [0.717, 1.165) is 34.0 Å². The van der Waals surface area contributed by atoms with E-state index in [9.17, 15) is 9.59 Å². The second-order valence-electron chi connectivity index (χ2n) is 9.14. The Kier molecular flexibility index (Phi) is 6.61. The lowest BCUT2D eigenvalue weighted by molar-refractivity contribution is 0.102. The molecule has 0 unspecified atom stereocenters. The van der Waals surface area contributed by atoms with Gasteiger partial charge in [0.25, 0.3) is 5.91 Å². The molecule has 172 valence electrons. The number of carbonyl (C=O) groups excluding carboxylic acids is 2. The molecule has 0 aliphatic rings. The number of nitrogens with zero attached hydrogens (tertiary/aromatic N) is 2. The lowest BCUT2D eigenvalue weighted by Gasteiger charge is -2.19. The number of aromatic nitrogens is 1. The van der Waals surface area contributed by atoms with E-state index in [1.807, 2.05) is 78.0 Å². The van der Waals surface area contributed by atoms with Gasteiger partial charge in [0.2, 0.25) is 0 Å². The molecule has 1 amide bonds. The van der Waals surface area contributed by atoms with Crippen molar-refractivity contribution in [3.05, 3.63) is 94.9 Å². The molecule has 0 saturated carbocycles. The zero-order valence-corrected chi connectivity index (χ0v) is 20.5. The third-order valence-electron chi connectivity index (χ3n) is 5.65. The number of amides is 1. The Morgan fingerprint density at radius 1 is 0.941 bits per heavy atom. The first-order valence-corrected chi connectivity index (χ1v) is 11.9. The first kappa shape index (κ1) is 23.4. The van der Waals surface area contributed by atoms with Gasteiger partial charge in [0.05, 0.1) is 5.69 Å². The summed E-state index contributed by atoms with van der Waals surface area (Å²) in [5, 5.41) is 5.82. The van der Waals surface area contributed by atoms with Gasteiger partial charge in [-0.25, -0.2) is 4.98 Å². The number of thiazole rings is 1. The van der Waals surface area contributed by atoms with Crippen LogP contribution in [0.5, 0.6) is 0 Å². The van der Waals surface area contributed by atoms with Crippen molar-refractivity contribution in [2.45, 2.75) is 26.2 Å². The molecule has 6 heteroatoms. The molecule has 1 aromatic heterocycles. The zero-order valence-electron chi connectivity index (χ0n) is 19.7. The summed E-state index contributed by atoms with van der Waals surface area (Å²) >= 11 is 1.55. The fourth-order valence-corrected chi connectivity index (χ4v) is 4.31. The highest BCUT2D eigenvalue weighted by atomic mass is 32.1. The van der Waals surface area contributed by atoms with E-state index in [-0.39, 0.29) is 11.3 Å². The minimum Gasteiger partial charge on any atom is -0.322 e. The van der Waals surface area contributed by atoms with Crippen molar-refractivity contribution in [3.63, 3.8) is 0 Å². The van der Waals surface area contributed by atoms with Crippen molar-refractivity contribution in [1.82, 2.24) is 4.98 Å². The van der Waals surface area contributed by atoms with Crippen molar-refractivity contribution in [1.29, 1.82) is 0 Å². The normalized spacial score (nSPS) is 11.2. The van der Waals surface area contributed by atoms with Crippen molar-refractivity contribution in [2.24, 2.45) is 0 Å². The fourth-order valence-electron chi connectivity index (χ4n) is 3.49. The van der Waals surface area contributed by atoms with Crippen molar-refractivity contribution < 1.29 is 9.59 Å². The van der Waals surface area contributed by atoms with Crippen molar-refractivity contribution in [3.8, 4) is 11.3 Å². The predicted octanol–water partition coefficient (Wildman–Crippen LogP) is 6.94. The number of benzene rings is 3. The fraction of sp³-hybridized carbons (Fsp3) is 0.179. The lowest BCUT2D eigenvalue weighted by atomic mass is 9.87. The van der Waals surface area contributed by atoms with E-state index in [2.05, 4.69) is 26.1 Å². The second kappa shape index (κ2) is 9.61. The van der Waals surface area contributed by atoms with Gasteiger partial charge in [-0.2, -0.15) is 0 Å². The monoisotopic (exact) mass is 469 g/mol. The van der Waals surface area contributed by atoms with Gasteiger partial charge in [-0.15, -0.1) is 11.3 Å². The Labute approximate surface area is 204 Å². The Morgan fingerprint density at radius 3 is 2.18 bits per heavy atom. The van der Waals surface area contributed by atoms with Crippen LogP contribution < -0.4 is 10.2 Å². The minimum atomic E-state index is -0.133. The number of anilines is 3. The molecule has 4 aromatic rings. The molecule has 0 aliphatic heterocycles. The van der Waals surface area contributed by atoms with Crippen LogP contribution in [0.15, 0.2) is 78.2 Å². The van der Waals surface area contributed by atoms with E-state index >= 15 is 0 Å². The van der Waals surface area contributed by atoms with Gasteiger partial charge in [-0.05, 0) is 59.5 Å². The molecule has 5 nitrogen and oxygen atoms in total. The molecule has 0 saturated heterocycles. The highest BCUT2D eigenvalue weighted by molar-refractivity contribution is 7.14. The van der Waals surface area contributed by atoms with Crippen LogP contribution in [0.25, 0.3) is 11.3 Å². The summed E-state index contributed by atoms with van der Waals surface area (Å²) in [5.41, 5.74) is 6.05. The number of hydrogen-bond acceptors (Lipinski definition) is 5. The van der Waals surface area contributed by atoms with E-state index in [0.29, 0.717) is 11.1 Å². The number of aldehydes is 1. The molecule has 1 heterocycles. The van der Waals surface area contributed by atoms with Crippen molar-refractivity contribution >= 4 is 40.0 Å². The summed E-state index contributed by atoms with van der Waals surface area (Å²) in [6.45, 7) is 6.46. The van der Waals surface area contributed by atoms with Crippen LogP contribution in [0, 0.1) is 0 Å². The number of nitrogens with one attached hydrogen (secondary N) is 1. The molecule has 34 heavy (non-hydrogen) atoms. The van der Waals surface area contributed by atoms with Crippen molar-refractivity contribution in [2.75, 3.05) is 17.3 Å². The lowest BCUT2D eigenvalue weighted by Crippen LogP contribution is -2.14. The summed E-state index contributed by atoms with van der Waals surface area (Å²) in [5.74, 6) is -0.133. The van der Waals surface area contributed by atoms with Gasteiger partial charge in [0.1, 0.15) is 6.29 Å². The third kappa shape index (κ3) is 5.24. The molecular formula is C28H27N3O2S. The Hall–Kier alpha value is -3.77. The minimum absolute atomic E-state index is 0.0518. The first-order valence-electron chi connectivity index (χ1n) is 11.0. The molecule has 0 bridgehead atoms. The van der Waals surface area contributed by atoms with E-state index in [1.54, 1.807) is 23.5 Å². The van der Waals surface area contributed by atoms with Crippen LogP contribution in [0.3, 0.4) is 0 Å². The second-order valence-corrected chi connectivity index (χ2v) is 9.98. The van der Waals surface area contributed by atoms with Gasteiger partial charge >= 0.3 is 0 Å². The van der Waals surface area contributed by atoms with Crippen LogP contribution in [-0.4, -0.2) is 24.2 Å². The maximum absolute atomic E-state index is 12.6. The summed E-state index contributed by atoms with van der Waals surface area (Å²) in [6, 6.07) is 22.8. The Balaban J connectivity index is 1.43. The summed E-state index contributed by atoms with van der Waals surface area (Å²) in [4.78, 5) is 30.2. The quantitative estimate of drug-likeness (QED) is 0.311. The molecule has 4 rings (SSSR count). The average Bonchev–Trinajstić information content (AvgIpc) is 3.34. The largest absolute Gasteiger partial charge is 0.322 e. The smallest absolute Gasteiger partial charge is 0.255 e. The maximum Gasteiger partial charge on any atom is 0.255 e. The first-order chi connectivity index (χ1) is 16.2. The summed E-state index contributed by atoms with van der Waals surface area (Å²) in [7, 11) is 1.95. The molecule has 3 aromatic carbocycles. The van der Waals surface area contributed by atoms with Gasteiger partial charge in [-0.1, -0.05) is 45.0 Å². The van der Waals surface area contributed by atoms with Crippen LogP contribution >= 0.6 is 11.3 Å².